The van der Waals surface area contributed by atoms with Crippen molar-refractivity contribution >= 4 is 8.32 Å². The molecule has 2 rings (SSSR count). The molecule has 1 nitrogen and oxygen atoms in total. The molecule has 1 aromatic rings. The average Bonchev–Trinajstić information content (AvgIpc) is 2.68. The Bertz CT molecular complexity index is 576. The molecule has 158 valence electrons. The normalized spacial score (nSPS) is 18.6. The Morgan fingerprint density at radius 2 is 1.36 bits per heavy atom. The van der Waals surface area contributed by atoms with E-state index < -0.39 is 8.32 Å². The van der Waals surface area contributed by atoms with Crippen molar-refractivity contribution in [3.8, 4) is 0 Å². The molecule has 1 fully saturated rings. The van der Waals surface area contributed by atoms with E-state index in [0.29, 0.717) is 22.5 Å². The molecule has 0 amide bonds. The third-order valence-electron chi connectivity index (χ3n) is 7.41. The van der Waals surface area contributed by atoms with Crippen molar-refractivity contribution in [1.29, 1.82) is 0 Å². The zero-order chi connectivity index (χ0) is 20.9. The van der Waals surface area contributed by atoms with E-state index in [1.165, 1.54) is 43.2 Å². The minimum Gasteiger partial charge on any atom is -0.405 e. The second-order valence-corrected chi connectivity index (χ2v) is 15.4. The maximum absolute atomic E-state index is 7.32. The topological polar surface area (TPSA) is 9.23 Å². The van der Waals surface area contributed by atoms with Crippen LogP contribution in [0.5, 0.6) is 0 Å². The van der Waals surface area contributed by atoms with E-state index >= 15 is 0 Å². The van der Waals surface area contributed by atoms with Crippen LogP contribution in [0, 0.1) is 11.8 Å². The van der Waals surface area contributed by atoms with Crippen molar-refractivity contribution in [2.75, 3.05) is 0 Å². The van der Waals surface area contributed by atoms with E-state index in [1.807, 2.05) is 0 Å². The van der Waals surface area contributed by atoms with Crippen LogP contribution in [-0.4, -0.2) is 8.32 Å². The monoisotopic (exact) mass is 400 g/mol. The molecule has 1 aliphatic carbocycles. The van der Waals surface area contributed by atoms with Gasteiger partial charge < -0.3 is 4.43 Å². The largest absolute Gasteiger partial charge is 0.405 e. The van der Waals surface area contributed by atoms with Crippen LogP contribution < -0.4 is 0 Å². The van der Waals surface area contributed by atoms with Crippen LogP contribution in [0.3, 0.4) is 0 Å². The summed E-state index contributed by atoms with van der Waals surface area (Å²) < 4.78 is 7.32. The van der Waals surface area contributed by atoms with Crippen LogP contribution in [0.15, 0.2) is 42.5 Å². The summed E-state index contributed by atoms with van der Waals surface area (Å²) in [6, 6.07) is 10.9. The Balaban J connectivity index is 2.40. The van der Waals surface area contributed by atoms with Gasteiger partial charge in [-0.2, -0.15) is 0 Å². The van der Waals surface area contributed by atoms with Crippen molar-refractivity contribution in [3.63, 3.8) is 0 Å². The molecule has 0 radical (unpaired) electrons. The summed E-state index contributed by atoms with van der Waals surface area (Å²) in [5, 5.41) is 0. The summed E-state index contributed by atoms with van der Waals surface area (Å²) in [7, 11) is -1.99. The molecule has 0 aromatic heterocycles. The van der Waals surface area contributed by atoms with E-state index in [4.69, 9.17) is 4.43 Å². The van der Waals surface area contributed by atoms with Gasteiger partial charge in [-0.3, -0.25) is 0 Å². The fourth-order valence-electron chi connectivity index (χ4n) is 5.77. The lowest BCUT2D eigenvalue weighted by atomic mass is 9.76. The highest BCUT2D eigenvalue weighted by Crippen LogP contribution is 2.48. The lowest BCUT2D eigenvalue weighted by Crippen LogP contribution is -2.49. The third-order valence-corrected chi connectivity index (χ3v) is 13.5. The maximum Gasteiger partial charge on any atom is 0.201 e. The molecule has 0 saturated heterocycles. The Labute approximate surface area is 176 Å². The highest BCUT2D eigenvalue weighted by atomic mass is 28.4. The Hall–Kier alpha value is -0.863. The first-order chi connectivity index (χ1) is 13.2. The highest BCUT2D eigenvalue weighted by Gasteiger charge is 2.47. The Kier molecular flexibility index (Phi) is 8.57. The summed E-state index contributed by atoms with van der Waals surface area (Å²) in [6.07, 6.45) is 6.88. The van der Waals surface area contributed by atoms with Gasteiger partial charge in [0.05, 0.1) is 6.10 Å². The Morgan fingerprint density at radius 3 is 1.82 bits per heavy atom. The van der Waals surface area contributed by atoms with Gasteiger partial charge in [0.2, 0.25) is 8.32 Å². The van der Waals surface area contributed by atoms with Gasteiger partial charge in [0.1, 0.15) is 0 Å². The van der Waals surface area contributed by atoms with Gasteiger partial charge in [0.25, 0.3) is 0 Å². The third kappa shape index (κ3) is 5.00. The number of hydrogen-bond acceptors (Lipinski definition) is 1. The van der Waals surface area contributed by atoms with Crippen LogP contribution in [0.25, 0.3) is 0 Å². The van der Waals surface area contributed by atoms with Crippen LogP contribution in [0.1, 0.15) is 92.2 Å². The first kappa shape index (κ1) is 23.4. The van der Waals surface area contributed by atoms with Crippen molar-refractivity contribution in [1.82, 2.24) is 0 Å². The van der Waals surface area contributed by atoms with Gasteiger partial charge in [-0.05, 0) is 52.4 Å². The van der Waals surface area contributed by atoms with Gasteiger partial charge in [0.15, 0.2) is 0 Å². The van der Waals surface area contributed by atoms with E-state index in [2.05, 4.69) is 85.4 Å². The average molecular weight is 401 g/mol. The molecule has 1 aliphatic rings. The van der Waals surface area contributed by atoms with Crippen molar-refractivity contribution in [3.05, 3.63) is 48.0 Å². The minimum absolute atomic E-state index is 0.0250. The summed E-state index contributed by atoms with van der Waals surface area (Å²) in [6.45, 7) is 21.3. The lowest BCUT2D eigenvalue weighted by molar-refractivity contribution is 0.179. The molecule has 28 heavy (non-hydrogen) atoms. The van der Waals surface area contributed by atoms with Gasteiger partial charge in [0, 0.05) is 0 Å². The van der Waals surface area contributed by atoms with E-state index in [1.54, 1.807) is 0 Å². The maximum atomic E-state index is 7.32. The van der Waals surface area contributed by atoms with Gasteiger partial charge in [-0.25, -0.2) is 0 Å². The van der Waals surface area contributed by atoms with Gasteiger partial charge in [-0.15, -0.1) is 0 Å². The standard InChI is InChI=1S/C26H44OSi/c1-19(2)28(20(3)4,21(5)6)27-26(25-17-13-10-14-18-25)23(8)22(7)24-15-11-9-12-16-24/h10,13-14,17-22,24,26H,8-9,11-12,15-16H2,1-7H3. The van der Waals surface area contributed by atoms with Crippen LogP contribution >= 0.6 is 0 Å². The van der Waals surface area contributed by atoms with Crippen molar-refractivity contribution in [2.24, 2.45) is 11.8 Å². The molecular formula is C26H44OSi. The molecule has 0 heterocycles. The quantitative estimate of drug-likeness (QED) is 0.297. The number of hydrogen-bond donors (Lipinski definition) is 0. The molecular weight excluding hydrogens is 356 g/mol. The van der Waals surface area contributed by atoms with Gasteiger partial charge >= 0.3 is 0 Å². The SMILES string of the molecule is C=C(C(O[Si](C(C)C)(C(C)C)C(C)C)c1ccccc1)C(C)C1CCCCC1. The van der Waals surface area contributed by atoms with Crippen LogP contribution in [-0.2, 0) is 4.43 Å². The van der Waals surface area contributed by atoms with E-state index in [0.717, 1.165) is 5.92 Å². The molecule has 2 heteroatoms. The zero-order valence-electron chi connectivity index (χ0n) is 19.5. The van der Waals surface area contributed by atoms with Crippen molar-refractivity contribution < 1.29 is 4.43 Å². The molecule has 0 aliphatic heterocycles. The number of benzene rings is 1. The first-order valence-corrected chi connectivity index (χ1v) is 13.8. The summed E-state index contributed by atoms with van der Waals surface area (Å²) in [4.78, 5) is 0. The van der Waals surface area contributed by atoms with Gasteiger partial charge in [-0.1, -0.05) is 105 Å². The molecule has 1 aromatic carbocycles. The van der Waals surface area contributed by atoms with Crippen LogP contribution in [0.2, 0.25) is 16.6 Å². The smallest absolute Gasteiger partial charge is 0.201 e. The fourth-order valence-corrected chi connectivity index (χ4v) is 11.3. The molecule has 0 spiro atoms. The second kappa shape index (κ2) is 10.3. The van der Waals surface area contributed by atoms with Crippen LogP contribution in [0.4, 0.5) is 0 Å². The molecule has 1 saturated carbocycles. The summed E-state index contributed by atoms with van der Waals surface area (Å²) in [5.74, 6) is 1.29. The fraction of sp³-hybridized carbons (Fsp3) is 0.692. The highest BCUT2D eigenvalue weighted by molar-refractivity contribution is 6.77. The molecule has 0 N–H and O–H groups in total. The number of rotatable bonds is 9. The summed E-state index contributed by atoms with van der Waals surface area (Å²) >= 11 is 0. The van der Waals surface area contributed by atoms with Crippen molar-refractivity contribution in [2.45, 2.75) is 103 Å². The predicted molar refractivity (Wildman–Crippen MR) is 126 cm³/mol. The molecule has 0 bridgehead atoms. The minimum atomic E-state index is -1.99. The lowest BCUT2D eigenvalue weighted by Gasteiger charge is -2.46. The molecule has 2 unspecified atom stereocenters. The van der Waals surface area contributed by atoms with E-state index in [9.17, 15) is 0 Å². The predicted octanol–water partition coefficient (Wildman–Crippen LogP) is 8.69. The second-order valence-electron chi connectivity index (χ2n) is 9.99. The van der Waals surface area contributed by atoms with E-state index in [-0.39, 0.29) is 6.10 Å². The first-order valence-electron chi connectivity index (χ1n) is 11.6. The summed E-state index contributed by atoms with van der Waals surface area (Å²) in [5.41, 5.74) is 4.33. The Morgan fingerprint density at radius 1 is 0.857 bits per heavy atom. The zero-order valence-corrected chi connectivity index (χ0v) is 20.5. The molecule has 2 atom stereocenters.